The molecule has 1 aliphatic rings. The number of nitrogens with zero attached hydrogens (tertiary/aromatic N) is 3. The molecule has 0 amide bonds. The minimum atomic E-state index is -0.440. The molecule has 0 spiro atoms. The fourth-order valence-corrected chi connectivity index (χ4v) is 3.45. The van der Waals surface area contributed by atoms with Gasteiger partial charge in [-0.3, -0.25) is 0 Å². The predicted molar refractivity (Wildman–Crippen MR) is 74.2 cm³/mol. The van der Waals surface area contributed by atoms with Crippen LogP contribution in [-0.4, -0.2) is 9.97 Å². The SMILES string of the molecule is N#CC1(c2nccc(-c3ccc(Br)s3)n2)CCC1. The van der Waals surface area contributed by atoms with Gasteiger partial charge in [0, 0.05) is 6.20 Å². The molecule has 0 aliphatic heterocycles. The Labute approximate surface area is 118 Å². The number of rotatable bonds is 2. The lowest BCUT2D eigenvalue weighted by molar-refractivity contribution is 0.307. The van der Waals surface area contributed by atoms with Gasteiger partial charge in [-0.25, -0.2) is 9.97 Å². The van der Waals surface area contributed by atoms with Gasteiger partial charge in [0.05, 0.1) is 20.4 Å². The van der Waals surface area contributed by atoms with Gasteiger partial charge < -0.3 is 0 Å². The van der Waals surface area contributed by atoms with Crippen molar-refractivity contribution in [1.29, 1.82) is 5.26 Å². The fraction of sp³-hybridized carbons (Fsp3) is 0.308. The van der Waals surface area contributed by atoms with E-state index < -0.39 is 5.41 Å². The van der Waals surface area contributed by atoms with E-state index in [-0.39, 0.29) is 0 Å². The number of aromatic nitrogens is 2. The zero-order chi connectivity index (χ0) is 12.6. The van der Waals surface area contributed by atoms with Crippen LogP contribution in [0.1, 0.15) is 25.1 Å². The van der Waals surface area contributed by atoms with Crippen molar-refractivity contribution in [2.24, 2.45) is 0 Å². The molecule has 3 rings (SSSR count). The second-order valence-corrected chi connectivity index (χ2v) is 6.88. The van der Waals surface area contributed by atoms with Crippen molar-refractivity contribution in [3.63, 3.8) is 0 Å². The molecular weight excluding hydrogens is 310 g/mol. The molecule has 1 saturated carbocycles. The van der Waals surface area contributed by atoms with E-state index in [2.05, 4.69) is 32.0 Å². The number of hydrogen-bond donors (Lipinski definition) is 0. The lowest BCUT2D eigenvalue weighted by Gasteiger charge is -2.33. The van der Waals surface area contributed by atoms with Gasteiger partial charge in [0.2, 0.25) is 0 Å². The molecule has 0 radical (unpaired) electrons. The maximum Gasteiger partial charge on any atom is 0.149 e. The molecule has 0 unspecified atom stereocenters. The van der Waals surface area contributed by atoms with E-state index in [1.54, 1.807) is 17.5 Å². The minimum absolute atomic E-state index is 0.440. The van der Waals surface area contributed by atoms with Crippen LogP contribution in [0, 0.1) is 11.3 Å². The molecule has 18 heavy (non-hydrogen) atoms. The van der Waals surface area contributed by atoms with Crippen molar-refractivity contribution in [2.45, 2.75) is 24.7 Å². The van der Waals surface area contributed by atoms with Crippen LogP contribution in [0.5, 0.6) is 0 Å². The monoisotopic (exact) mass is 319 g/mol. The molecular formula is C13H10BrN3S. The summed E-state index contributed by atoms with van der Waals surface area (Å²) in [5.74, 6) is 0.679. The van der Waals surface area contributed by atoms with Gasteiger partial charge in [0.1, 0.15) is 11.2 Å². The molecule has 90 valence electrons. The Hall–Kier alpha value is -1.25. The Morgan fingerprint density at radius 3 is 2.72 bits per heavy atom. The number of nitriles is 1. The summed E-state index contributed by atoms with van der Waals surface area (Å²) in [6, 6.07) is 8.31. The summed E-state index contributed by atoms with van der Waals surface area (Å²) in [7, 11) is 0. The lowest BCUT2D eigenvalue weighted by atomic mass is 9.69. The Morgan fingerprint density at radius 2 is 2.17 bits per heavy atom. The number of halogens is 1. The van der Waals surface area contributed by atoms with Crippen LogP contribution in [0.3, 0.4) is 0 Å². The van der Waals surface area contributed by atoms with Crippen LogP contribution in [-0.2, 0) is 5.41 Å². The van der Waals surface area contributed by atoms with Crippen LogP contribution in [0.25, 0.3) is 10.6 Å². The van der Waals surface area contributed by atoms with E-state index in [9.17, 15) is 5.26 Å². The van der Waals surface area contributed by atoms with E-state index in [0.717, 1.165) is 33.6 Å². The van der Waals surface area contributed by atoms with Gasteiger partial charge in [-0.15, -0.1) is 11.3 Å². The standard InChI is InChI=1S/C13H10BrN3S/c14-11-3-2-10(18-11)9-4-7-16-12(17-9)13(8-15)5-1-6-13/h2-4,7H,1,5-6H2. The third kappa shape index (κ3) is 1.86. The van der Waals surface area contributed by atoms with Gasteiger partial charge in [-0.05, 0) is 53.4 Å². The van der Waals surface area contributed by atoms with Crippen LogP contribution in [0.15, 0.2) is 28.2 Å². The maximum absolute atomic E-state index is 9.32. The second kappa shape index (κ2) is 4.45. The lowest BCUT2D eigenvalue weighted by Crippen LogP contribution is -2.34. The normalized spacial score (nSPS) is 16.9. The van der Waals surface area contributed by atoms with Crippen LogP contribution in [0.2, 0.25) is 0 Å². The first-order chi connectivity index (χ1) is 8.73. The third-order valence-electron chi connectivity index (χ3n) is 3.33. The average molecular weight is 320 g/mol. The highest BCUT2D eigenvalue weighted by molar-refractivity contribution is 9.11. The van der Waals surface area contributed by atoms with Crippen molar-refractivity contribution in [2.75, 3.05) is 0 Å². The smallest absolute Gasteiger partial charge is 0.149 e. The van der Waals surface area contributed by atoms with E-state index in [4.69, 9.17) is 0 Å². The molecule has 2 aromatic heterocycles. The molecule has 1 fully saturated rings. The summed E-state index contributed by atoms with van der Waals surface area (Å²) < 4.78 is 1.08. The van der Waals surface area contributed by atoms with Crippen molar-refractivity contribution < 1.29 is 0 Å². The largest absolute Gasteiger partial charge is 0.240 e. The van der Waals surface area contributed by atoms with Crippen LogP contribution < -0.4 is 0 Å². The first-order valence-corrected chi connectivity index (χ1v) is 7.35. The first-order valence-electron chi connectivity index (χ1n) is 5.74. The Balaban J connectivity index is 2.02. The second-order valence-electron chi connectivity index (χ2n) is 4.42. The topological polar surface area (TPSA) is 49.6 Å². The van der Waals surface area contributed by atoms with Gasteiger partial charge in [0.25, 0.3) is 0 Å². The van der Waals surface area contributed by atoms with Crippen molar-refractivity contribution in [3.8, 4) is 16.6 Å². The van der Waals surface area contributed by atoms with Gasteiger partial charge in [-0.1, -0.05) is 0 Å². The summed E-state index contributed by atoms with van der Waals surface area (Å²) in [6.07, 6.45) is 4.59. The van der Waals surface area contributed by atoms with Crippen molar-refractivity contribution >= 4 is 27.3 Å². The molecule has 2 aromatic rings. The number of thiophene rings is 1. The predicted octanol–water partition coefficient (Wildman–Crippen LogP) is 3.91. The third-order valence-corrected chi connectivity index (χ3v) is 4.98. The Bertz CT molecular complexity index is 625. The zero-order valence-corrected chi connectivity index (χ0v) is 12.0. The minimum Gasteiger partial charge on any atom is -0.240 e. The zero-order valence-electron chi connectivity index (χ0n) is 9.56. The molecule has 0 atom stereocenters. The molecule has 0 aromatic carbocycles. The Kier molecular flexibility index (Phi) is 2.92. The molecule has 0 saturated heterocycles. The first kappa shape index (κ1) is 11.8. The van der Waals surface area contributed by atoms with E-state index in [1.165, 1.54) is 0 Å². The highest BCUT2D eigenvalue weighted by Gasteiger charge is 2.41. The summed E-state index contributed by atoms with van der Waals surface area (Å²) in [4.78, 5) is 9.97. The molecule has 2 heterocycles. The van der Waals surface area contributed by atoms with Crippen molar-refractivity contribution in [1.82, 2.24) is 9.97 Å². The summed E-state index contributed by atoms with van der Waals surface area (Å²) in [5, 5.41) is 9.32. The van der Waals surface area contributed by atoms with E-state index in [0.29, 0.717) is 5.82 Å². The van der Waals surface area contributed by atoms with Gasteiger partial charge >= 0.3 is 0 Å². The molecule has 0 bridgehead atoms. The molecule has 1 aliphatic carbocycles. The highest BCUT2D eigenvalue weighted by Crippen LogP contribution is 2.42. The summed E-state index contributed by atoms with van der Waals surface area (Å²) in [6.45, 7) is 0. The Morgan fingerprint density at radius 1 is 1.33 bits per heavy atom. The highest BCUT2D eigenvalue weighted by atomic mass is 79.9. The van der Waals surface area contributed by atoms with E-state index in [1.807, 2.05) is 18.2 Å². The van der Waals surface area contributed by atoms with Crippen LogP contribution in [0.4, 0.5) is 0 Å². The summed E-state index contributed by atoms with van der Waals surface area (Å²) >= 11 is 5.09. The summed E-state index contributed by atoms with van der Waals surface area (Å²) in [5.41, 5.74) is 0.460. The quantitative estimate of drug-likeness (QED) is 0.843. The average Bonchev–Trinajstić information content (AvgIpc) is 2.76. The van der Waals surface area contributed by atoms with Gasteiger partial charge in [-0.2, -0.15) is 5.26 Å². The molecule has 3 nitrogen and oxygen atoms in total. The number of hydrogen-bond acceptors (Lipinski definition) is 4. The van der Waals surface area contributed by atoms with E-state index >= 15 is 0 Å². The fourth-order valence-electron chi connectivity index (χ4n) is 2.09. The van der Waals surface area contributed by atoms with Crippen LogP contribution >= 0.6 is 27.3 Å². The maximum atomic E-state index is 9.32. The van der Waals surface area contributed by atoms with Gasteiger partial charge in [0.15, 0.2) is 0 Å². The molecule has 0 N–H and O–H groups in total. The van der Waals surface area contributed by atoms with Crippen molar-refractivity contribution in [3.05, 3.63) is 34.0 Å². The molecule has 5 heteroatoms.